The van der Waals surface area contributed by atoms with E-state index in [9.17, 15) is 4.21 Å². The molecule has 1 atom stereocenters. The van der Waals surface area contributed by atoms with Crippen LogP contribution in [0.3, 0.4) is 0 Å². The van der Waals surface area contributed by atoms with Crippen molar-refractivity contribution in [3.05, 3.63) is 11.2 Å². The minimum absolute atomic E-state index is 0.0147. The van der Waals surface area contributed by atoms with Crippen LogP contribution in [-0.4, -0.2) is 36.4 Å². The summed E-state index contributed by atoms with van der Waals surface area (Å²) < 4.78 is 29.5. The number of rotatable bonds is 3. The monoisotopic (exact) mass is 391 g/mol. The van der Waals surface area contributed by atoms with Crippen molar-refractivity contribution in [1.82, 2.24) is 4.98 Å². The number of nitrogens with zero attached hydrogens (tertiary/aromatic N) is 2. The SMILES string of the molecule is CC1(C)OCC(c2ncc(S(N)(=O)=N[Si](C)(C)C(C)(C)C)s2)CO1. The standard InChI is InChI=1S/C15H29N3O3S2Si/c1-14(2,3)24(6,7)18-23(16,19)12-8-17-13(22-12)11-9-20-15(4,5)21-10-11/h8,11H,9-10H2,1-7H3,(H2,16,18,19). The van der Waals surface area contributed by atoms with Gasteiger partial charge in [-0.2, -0.15) is 0 Å². The Bertz CT molecular complexity index is 706. The molecule has 9 heteroatoms. The summed E-state index contributed by atoms with van der Waals surface area (Å²) in [5.41, 5.74) is 0. The normalized spacial score (nSPS) is 22.2. The number of nitrogens with two attached hydrogens (primary N) is 1. The summed E-state index contributed by atoms with van der Waals surface area (Å²) in [6, 6.07) is 0. The zero-order chi connectivity index (χ0) is 18.4. The molecule has 1 fully saturated rings. The van der Waals surface area contributed by atoms with Gasteiger partial charge in [-0.05, 0) is 32.0 Å². The third-order valence-corrected chi connectivity index (χ3v) is 13.8. The van der Waals surface area contributed by atoms with Crippen molar-refractivity contribution < 1.29 is 13.7 Å². The summed E-state index contributed by atoms with van der Waals surface area (Å²) in [5.74, 6) is -0.518. The molecule has 0 spiro atoms. The first-order valence-corrected chi connectivity index (χ1v) is 13.4. The predicted octanol–water partition coefficient (Wildman–Crippen LogP) is 3.72. The molecule has 0 bridgehead atoms. The average molecular weight is 392 g/mol. The third-order valence-electron chi connectivity index (χ3n) is 4.60. The van der Waals surface area contributed by atoms with Crippen molar-refractivity contribution in [2.24, 2.45) is 9.17 Å². The summed E-state index contributed by atoms with van der Waals surface area (Å²) in [6.45, 7) is 15.4. The van der Waals surface area contributed by atoms with Crippen LogP contribution < -0.4 is 5.14 Å². The van der Waals surface area contributed by atoms with E-state index in [1.54, 1.807) is 6.20 Å². The van der Waals surface area contributed by atoms with Crippen molar-refractivity contribution in [3.8, 4) is 0 Å². The fourth-order valence-corrected chi connectivity index (χ4v) is 8.11. The lowest BCUT2D eigenvalue weighted by Gasteiger charge is -2.34. The van der Waals surface area contributed by atoms with Gasteiger partial charge in [-0.3, -0.25) is 4.03 Å². The first kappa shape index (κ1) is 20.0. The Labute approximate surface area is 150 Å². The van der Waals surface area contributed by atoms with Crippen LogP contribution in [0.4, 0.5) is 0 Å². The number of aromatic nitrogens is 1. The summed E-state index contributed by atoms with van der Waals surface area (Å²) >= 11 is 1.35. The molecule has 2 N–H and O–H groups in total. The molecule has 0 aliphatic carbocycles. The lowest BCUT2D eigenvalue weighted by Crippen LogP contribution is -2.38. The van der Waals surface area contributed by atoms with Crippen molar-refractivity contribution in [2.45, 2.75) is 68.7 Å². The van der Waals surface area contributed by atoms with Gasteiger partial charge in [0.05, 0.1) is 25.3 Å². The van der Waals surface area contributed by atoms with Crippen LogP contribution in [0.25, 0.3) is 0 Å². The Morgan fingerprint density at radius 3 is 2.42 bits per heavy atom. The van der Waals surface area contributed by atoms with Gasteiger partial charge in [0.15, 0.2) is 14.0 Å². The quantitative estimate of drug-likeness (QED) is 0.796. The Hall–Kier alpha value is -0.323. The zero-order valence-corrected chi connectivity index (χ0v) is 18.2. The Morgan fingerprint density at radius 1 is 1.38 bits per heavy atom. The molecule has 6 nitrogen and oxygen atoms in total. The number of hydrogen-bond donors (Lipinski definition) is 1. The molecular formula is C15H29N3O3S2Si. The smallest absolute Gasteiger partial charge is 0.195 e. The fraction of sp³-hybridized carbons (Fsp3) is 0.800. The Morgan fingerprint density at radius 2 is 1.92 bits per heavy atom. The van der Waals surface area contributed by atoms with Gasteiger partial charge in [0, 0.05) is 0 Å². The van der Waals surface area contributed by atoms with E-state index in [0.717, 1.165) is 5.01 Å². The van der Waals surface area contributed by atoms with Crippen LogP contribution in [0, 0.1) is 0 Å². The summed E-state index contributed by atoms with van der Waals surface area (Å²) in [7, 11) is -5.05. The molecule has 1 aliphatic rings. The van der Waals surface area contributed by atoms with Crippen molar-refractivity contribution >= 4 is 29.5 Å². The average Bonchev–Trinajstić information content (AvgIpc) is 2.86. The molecule has 1 aromatic heterocycles. The second-order valence-corrected chi connectivity index (χ2v) is 16.5. The summed E-state index contributed by atoms with van der Waals surface area (Å²) in [5, 5.41) is 6.93. The van der Waals surface area contributed by atoms with Gasteiger partial charge in [-0.15, -0.1) is 11.3 Å². The van der Waals surface area contributed by atoms with E-state index in [0.29, 0.717) is 17.4 Å². The maximum atomic E-state index is 13.0. The lowest BCUT2D eigenvalue weighted by molar-refractivity contribution is -0.251. The van der Waals surface area contributed by atoms with E-state index in [1.165, 1.54) is 11.3 Å². The van der Waals surface area contributed by atoms with Crippen LogP contribution >= 0.6 is 11.3 Å². The molecule has 0 amide bonds. The maximum absolute atomic E-state index is 13.0. The molecule has 2 rings (SSSR count). The van der Waals surface area contributed by atoms with E-state index in [1.807, 2.05) is 13.8 Å². The van der Waals surface area contributed by atoms with Crippen LogP contribution in [0.2, 0.25) is 18.1 Å². The second kappa shape index (κ2) is 6.44. The lowest BCUT2D eigenvalue weighted by atomic mass is 10.1. The fourth-order valence-electron chi connectivity index (χ4n) is 1.95. The van der Waals surface area contributed by atoms with Crippen LogP contribution in [0.5, 0.6) is 0 Å². The van der Waals surface area contributed by atoms with Crippen LogP contribution in [-0.2, 0) is 19.4 Å². The van der Waals surface area contributed by atoms with Gasteiger partial charge < -0.3 is 9.47 Å². The van der Waals surface area contributed by atoms with Gasteiger partial charge in [-0.25, -0.2) is 14.3 Å². The second-order valence-electron chi connectivity index (χ2n) is 8.21. The van der Waals surface area contributed by atoms with Gasteiger partial charge in [0.2, 0.25) is 0 Å². The van der Waals surface area contributed by atoms with Crippen LogP contribution in [0.15, 0.2) is 14.4 Å². The molecule has 0 saturated carbocycles. The molecule has 138 valence electrons. The summed E-state index contributed by atoms with van der Waals surface area (Å²) in [4.78, 5) is 4.40. The van der Waals surface area contributed by atoms with Gasteiger partial charge in [-0.1, -0.05) is 20.8 Å². The molecule has 1 aliphatic heterocycles. The highest BCUT2D eigenvalue weighted by atomic mass is 32.2. The molecule has 1 aromatic rings. The number of ether oxygens (including phenoxy) is 2. The van der Waals surface area contributed by atoms with Gasteiger partial charge >= 0.3 is 0 Å². The van der Waals surface area contributed by atoms with E-state index in [2.05, 4.69) is 42.9 Å². The highest BCUT2D eigenvalue weighted by molar-refractivity contribution is 7.94. The Balaban J connectivity index is 2.25. The molecule has 0 radical (unpaired) electrons. The topological polar surface area (TPSA) is 86.8 Å². The largest absolute Gasteiger partial charge is 0.350 e. The highest BCUT2D eigenvalue weighted by Crippen LogP contribution is 2.38. The van der Waals surface area contributed by atoms with E-state index < -0.39 is 23.9 Å². The number of thiazole rings is 1. The van der Waals surface area contributed by atoms with Crippen molar-refractivity contribution in [3.63, 3.8) is 0 Å². The molecule has 1 saturated heterocycles. The third kappa shape index (κ3) is 4.44. The van der Waals surface area contributed by atoms with Gasteiger partial charge in [0.1, 0.15) is 19.1 Å². The predicted molar refractivity (Wildman–Crippen MR) is 101 cm³/mol. The minimum Gasteiger partial charge on any atom is -0.350 e. The molecule has 1 unspecified atom stereocenters. The Kier molecular flexibility index (Phi) is 5.37. The van der Waals surface area contributed by atoms with Crippen LogP contribution in [0.1, 0.15) is 45.5 Å². The van der Waals surface area contributed by atoms with Gasteiger partial charge in [0.25, 0.3) is 0 Å². The first-order valence-electron chi connectivity index (χ1n) is 8.03. The number of hydrogen-bond acceptors (Lipinski definition) is 6. The first-order chi connectivity index (χ1) is 10.7. The molecular weight excluding hydrogens is 362 g/mol. The zero-order valence-electron chi connectivity index (χ0n) is 15.6. The van der Waals surface area contributed by atoms with E-state index in [-0.39, 0.29) is 11.0 Å². The van der Waals surface area contributed by atoms with E-state index in [4.69, 9.17) is 14.6 Å². The van der Waals surface area contributed by atoms with E-state index >= 15 is 0 Å². The molecule has 0 aromatic carbocycles. The molecule has 24 heavy (non-hydrogen) atoms. The van der Waals surface area contributed by atoms with Crippen molar-refractivity contribution in [1.29, 1.82) is 0 Å². The molecule has 2 heterocycles. The highest BCUT2D eigenvalue weighted by Gasteiger charge is 2.38. The van der Waals surface area contributed by atoms with Crippen molar-refractivity contribution in [2.75, 3.05) is 13.2 Å². The maximum Gasteiger partial charge on any atom is 0.195 e. The minimum atomic E-state index is -2.93. The summed E-state index contributed by atoms with van der Waals surface area (Å²) in [6.07, 6.45) is 1.60.